The molecule has 0 aromatic heterocycles. The van der Waals surface area contributed by atoms with Crippen LogP contribution in [0.2, 0.25) is 0 Å². The second kappa shape index (κ2) is 9.81. The second-order valence-corrected chi connectivity index (χ2v) is 10.1. The monoisotopic (exact) mass is 461 g/mol. The summed E-state index contributed by atoms with van der Waals surface area (Å²) in [6, 6.07) is 9.41. The maximum Gasteiger partial charge on any atom is 0.495 e. The number of aryl methyl sites for hydroxylation is 1. The van der Waals surface area contributed by atoms with Crippen molar-refractivity contribution in [3.63, 3.8) is 0 Å². The van der Waals surface area contributed by atoms with Gasteiger partial charge in [-0.3, -0.25) is 10.1 Å². The van der Waals surface area contributed by atoms with E-state index in [0.29, 0.717) is 12.4 Å². The smallest absolute Gasteiger partial charge is 0.493 e. The van der Waals surface area contributed by atoms with Crippen molar-refractivity contribution in [3.05, 3.63) is 57.9 Å². The molecule has 2 aromatic rings. The van der Waals surface area contributed by atoms with Gasteiger partial charge < -0.3 is 14.0 Å². The zero-order chi connectivity index (χ0) is 23.5. The second-order valence-electron chi connectivity index (χ2n) is 8.94. The molecule has 0 unspecified atom stereocenters. The number of nitro benzene ring substituents is 1. The lowest BCUT2D eigenvalue weighted by Crippen LogP contribution is -2.41. The largest absolute Gasteiger partial charge is 0.495 e. The Hall–Kier alpha value is -2.10. The molecule has 172 valence electrons. The molecule has 1 saturated heterocycles. The summed E-state index contributed by atoms with van der Waals surface area (Å²) in [5.74, 6) is 0.975. The van der Waals surface area contributed by atoms with Crippen LogP contribution in [0.1, 0.15) is 46.1 Å². The quantitative estimate of drug-likeness (QED) is 0.166. The van der Waals surface area contributed by atoms with Crippen LogP contribution in [0.5, 0.6) is 5.75 Å². The minimum absolute atomic E-state index is 0.0249. The Morgan fingerprint density at radius 2 is 1.78 bits per heavy atom. The van der Waals surface area contributed by atoms with E-state index in [2.05, 4.69) is 0 Å². The molecule has 0 spiro atoms. The molecule has 0 atom stereocenters. The predicted octanol–water partition coefficient (Wildman–Crippen LogP) is 5.29. The highest BCUT2D eigenvalue weighted by atomic mass is 32.2. The summed E-state index contributed by atoms with van der Waals surface area (Å²) in [7, 11) is -0.538. The maximum absolute atomic E-state index is 13.9. The number of halogens is 1. The van der Waals surface area contributed by atoms with Gasteiger partial charge in [-0.05, 0) is 82.4 Å². The average Bonchev–Trinajstić information content (AvgIpc) is 2.91. The molecule has 1 aliphatic heterocycles. The lowest BCUT2D eigenvalue weighted by Gasteiger charge is -2.32. The first-order valence-corrected chi connectivity index (χ1v) is 11.6. The molecule has 1 aliphatic rings. The van der Waals surface area contributed by atoms with Crippen LogP contribution in [0, 0.1) is 22.9 Å². The Bertz CT molecular complexity index is 969. The van der Waals surface area contributed by atoms with Crippen LogP contribution in [0.15, 0.2) is 41.3 Å². The van der Waals surface area contributed by atoms with Crippen molar-refractivity contribution in [2.24, 2.45) is 0 Å². The third-order valence-electron chi connectivity index (χ3n) is 5.79. The molecular formula is C23H29BFNO5S. The van der Waals surface area contributed by atoms with Crippen molar-refractivity contribution in [3.8, 4) is 5.75 Å². The van der Waals surface area contributed by atoms with Crippen LogP contribution >= 0.6 is 11.8 Å². The Morgan fingerprint density at radius 1 is 1.09 bits per heavy atom. The summed E-state index contributed by atoms with van der Waals surface area (Å²) in [6.07, 6.45) is 1.62. The molecule has 3 rings (SSSR count). The number of benzene rings is 2. The summed E-state index contributed by atoms with van der Waals surface area (Å²) >= 11 is 1.56. The number of hydrogen-bond acceptors (Lipinski definition) is 6. The fraction of sp³-hybridized carbons (Fsp3) is 0.478. The van der Waals surface area contributed by atoms with Gasteiger partial charge in [0, 0.05) is 11.0 Å². The molecule has 32 heavy (non-hydrogen) atoms. The van der Waals surface area contributed by atoms with Gasteiger partial charge in [0.05, 0.1) is 28.8 Å². The standard InChI is InChI=1S/C23H29BFNO5S/c1-16-12-18(26(27)28)15-19(13-16)29-10-6-7-11-32-21-14-17(25)8-9-20(21)24-30-22(2,3)23(4,5)31-24/h8-9,12-15H,6-7,10-11H2,1-5H3. The van der Waals surface area contributed by atoms with Crippen LogP contribution in [-0.4, -0.2) is 35.6 Å². The zero-order valence-corrected chi connectivity index (χ0v) is 20.0. The molecule has 9 heteroatoms. The SMILES string of the molecule is Cc1cc(OCCCCSc2cc(F)ccc2B2OC(C)(C)C(C)(C)O2)cc([N+](=O)[O-])c1. The molecule has 0 saturated carbocycles. The fourth-order valence-corrected chi connectivity index (χ4v) is 4.39. The molecule has 0 amide bonds. The fourth-order valence-electron chi connectivity index (χ4n) is 3.29. The van der Waals surface area contributed by atoms with Gasteiger partial charge in [-0.1, -0.05) is 6.07 Å². The number of nitro groups is 1. The number of rotatable bonds is 9. The van der Waals surface area contributed by atoms with Crippen molar-refractivity contribution < 1.29 is 23.4 Å². The minimum Gasteiger partial charge on any atom is -0.493 e. The Kier molecular flexibility index (Phi) is 7.52. The van der Waals surface area contributed by atoms with Crippen LogP contribution in [0.4, 0.5) is 10.1 Å². The van der Waals surface area contributed by atoms with Gasteiger partial charge in [0.1, 0.15) is 11.6 Å². The van der Waals surface area contributed by atoms with E-state index in [0.717, 1.165) is 34.5 Å². The lowest BCUT2D eigenvalue weighted by molar-refractivity contribution is -0.385. The lowest BCUT2D eigenvalue weighted by atomic mass is 9.79. The minimum atomic E-state index is -0.538. The van der Waals surface area contributed by atoms with E-state index in [1.807, 2.05) is 27.7 Å². The molecular weight excluding hydrogens is 432 g/mol. The third kappa shape index (κ3) is 5.82. The van der Waals surface area contributed by atoms with Crippen molar-refractivity contribution in [2.75, 3.05) is 12.4 Å². The molecule has 2 aromatic carbocycles. The predicted molar refractivity (Wildman–Crippen MR) is 125 cm³/mol. The van der Waals surface area contributed by atoms with E-state index < -0.39 is 23.2 Å². The van der Waals surface area contributed by atoms with E-state index in [-0.39, 0.29) is 11.5 Å². The highest BCUT2D eigenvalue weighted by Crippen LogP contribution is 2.37. The van der Waals surface area contributed by atoms with Gasteiger partial charge in [-0.25, -0.2) is 4.39 Å². The van der Waals surface area contributed by atoms with Crippen molar-refractivity contribution >= 4 is 30.0 Å². The van der Waals surface area contributed by atoms with Crippen LogP contribution in [-0.2, 0) is 9.31 Å². The van der Waals surface area contributed by atoms with Gasteiger partial charge in [0.15, 0.2) is 0 Å². The van der Waals surface area contributed by atoms with Gasteiger partial charge in [-0.2, -0.15) is 0 Å². The zero-order valence-electron chi connectivity index (χ0n) is 19.1. The number of thioether (sulfide) groups is 1. The molecule has 0 bridgehead atoms. The van der Waals surface area contributed by atoms with Gasteiger partial charge >= 0.3 is 7.12 Å². The number of unbranched alkanes of at least 4 members (excludes halogenated alkanes) is 1. The summed E-state index contributed by atoms with van der Waals surface area (Å²) in [4.78, 5) is 11.4. The van der Waals surface area contributed by atoms with Crippen molar-refractivity contribution in [2.45, 2.75) is 63.6 Å². The Balaban J connectivity index is 1.53. The number of non-ortho nitro benzene ring substituents is 1. The van der Waals surface area contributed by atoms with Gasteiger partial charge in [0.25, 0.3) is 5.69 Å². The van der Waals surface area contributed by atoms with E-state index in [1.54, 1.807) is 30.8 Å². The highest BCUT2D eigenvalue weighted by Gasteiger charge is 2.52. The molecule has 0 aliphatic carbocycles. The molecule has 0 radical (unpaired) electrons. The van der Waals surface area contributed by atoms with Crippen LogP contribution < -0.4 is 10.2 Å². The average molecular weight is 461 g/mol. The normalized spacial score (nSPS) is 16.9. The molecule has 0 N–H and O–H groups in total. The van der Waals surface area contributed by atoms with E-state index in [1.165, 1.54) is 24.3 Å². The topological polar surface area (TPSA) is 70.8 Å². The molecule has 1 fully saturated rings. The van der Waals surface area contributed by atoms with Gasteiger partial charge in [-0.15, -0.1) is 11.8 Å². The Morgan fingerprint density at radius 3 is 2.44 bits per heavy atom. The summed E-state index contributed by atoms with van der Waals surface area (Å²) in [5, 5.41) is 11.0. The van der Waals surface area contributed by atoms with Gasteiger partial charge in [0.2, 0.25) is 0 Å². The first-order valence-electron chi connectivity index (χ1n) is 10.7. The maximum atomic E-state index is 13.9. The first-order chi connectivity index (χ1) is 15.0. The van der Waals surface area contributed by atoms with E-state index in [9.17, 15) is 14.5 Å². The van der Waals surface area contributed by atoms with E-state index in [4.69, 9.17) is 14.0 Å². The molecule has 1 heterocycles. The summed E-state index contributed by atoms with van der Waals surface area (Å²) in [5.41, 5.74) is 0.716. The summed E-state index contributed by atoms with van der Waals surface area (Å²) in [6.45, 7) is 10.2. The first kappa shape index (κ1) is 24.5. The Labute approximate surface area is 193 Å². The van der Waals surface area contributed by atoms with Crippen molar-refractivity contribution in [1.82, 2.24) is 0 Å². The van der Waals surface area contributed by atoms with Crippen LogP contribution in [0.25, 0.3) is 0 Å². The highest BCUT2D eigenvalue weighted by molar-refractivity contribution is 7.99. The van der Waals surface area contributed by atoms with Crippen molar-refractivity contribution in [1.29, 1.82) is 0 Å². The number of hydrogen-bond donors (Lipinski definition) is 0. The molecule has 6 nitrogen and oxygen atoms in total. The number of nitrogens with zero attached hydrogens (tertiary/aromatic N) is 1. The summed E-state index contributed by atoms with van der Waals surface area (Å²) < 4.78 is 31.9. The van der Waals surface area contributed by atoms with Crippen LogP contribution in [0.3, 0.4) is 0 Å². The third-order valence-corrected chi connectivity index (χ3v) is 6.95. The number of ether oxygens (including phenoxy) is 1. The van der Waals surface area contributed by atoms with E-state index >= 15 is 0 Å².